The molecule has 0 unspecified atom stereocenters. The number of rotatable bonds is 6. The monoisotopic (exact) mass is 247 g/mol. The first-order valence-corrected chi connectivity index (χ1v) is 6.10. The van der Waals surface area contributed by atoms with Crippen LogP contribution in [0.5, 0.6) is 0 Å². The fraction of sp³-hybridized carbons (Fsp3) is 0.385. The zero-order valence-corrected chi connectivity index (χ0v) is 10.4. The van der Waals surface area contributed by atoms with Crippen LogP contribution in [0.25, 0.3) is 5.65 Å². The molecule has 1 N–H and O–H groups in total. The van der Waals surface area contributed by atoms with Crippen LogP contribution < -0.4 is 4.90 Å². The number of aldehydes is 1. The highest BCUT2D eigenvalue weighted by Gasteiger charge is 2.16. The van der Waals surface area contributed by atoms with Gasteiger partial charge in [0.2, 0.25) is 0 Å². The van der Waals surface area contributed by atoms with Gasteiger partial charge >= 0.3 is 0 Å². The van der Waals surface area contributed by atoms with Gasteiger partial charge in [-0.05, 0) is 18.6 Å². The molecule has 0 atom stereocenters. The molecule has 0 fully saturated rings. The summed E-state index contributed by atoms with van der Waals surface area (Å²) in [6.07, 6.45) is 3.57. The summed E-state index contributed by atoms with van der Waals surface area (Å²) >= 11 is 0. The fourth-order valence-electron chi connectivity index (χ4n) is 2.06. The standard InChI is InChI=1S/C13H17N3O2/c1-2-6-15(8-9-17)13-11(10-18)16-7-4-3-5-12(16)14-13/h3-5,7,10,17H,2,6,8-9H2,1H3. The van der Waals surface area contributed by atoms with E-state index in [2.05, 4.69) is 11.9 Å². The third-order valence-electron chi connectivity index (χ3n) is 2.82. The van der Waals surface area contributed by atoms with Crippen LogP contribution >= 0.6 is 0 Å². The molecule has 0 aliphatic heterocycles. The Morgan fingerprint density at radius 1 is 1.44 bits per heavy atom. The molecule has 0 bridgehead atoms. The highest BCUT2D eigenvalue weighted by atomic mass is 16.3. The average molecular weight is 247 g/mol. The van der Waals surface area contributed by atoms with Crippen LogP contribution in [0.1, 0.15) is 23.8 Å². The minimum Gasteiger partial charge on any atom is -0.395 e. The quantitative estimate of drug-likeness (QED) is 0.783. The maximum absolute atomic E-state index is 11.3. The summed E-state index contributed by atoms with van der Waals surface area (Å²) < 4.78 is 1.77. The van der Waals surface area contributed by atoms with Crippen LogP contribution in [-0.2, 0) is 0 Å². The van der Waals surface area contributed by atoms with Crippen molar-refractivity contribution in [3.8, 4) is 0 Å². The van der Waals surface area contributed by atoms with Crippen LogP contribution in [-0.4, -0.2) is 40.5 Å². The average Bonchev–Trinajstić information content (AvgIpc) is 2.76. The van der Waals surface area contributed by atoms with Gasteiger partial charge in [-0.2, -0.15) is 0 Å². The number of aromatic nitrogens is 2. The SMILES string of the molecule is CCCN(CCO)c1nc2ccccn2c1C=O. The molecule has 0 aliphatic rings. The van der Waals surface area contributed by atoms with Crippen molar-refractivity contribution in [2.75, 3.05) is 24.6 Å². The molecule has 0 spiro atoms. The van der Waals surface area contributed by atoms with Gasteiger partial charge < -0.3 is 10.0 Å². The van der Waals surface area contributed by atoms with E-state index in [0.29, 0.717) is 18.1 Å². The van der Waals surface area contributed by atoms with E-state index in [0.717, 1.165) is 24.9 Å². The molecule has 0 aliphatic carbocycles. The molecule has 0 saturated carbocycles. The number of fused-ring (bicyclic) bond motifs is 1. The van der Waals surface area contributed by atoms with Crippen molar-refractivity contribution < 1.29 is 9.90 Å². The lowest BCUT2D eigenvalue weighted by atomic mass is 10.3. The Balaban J connectivity index is 2.50. The number of pyridine rings is 1. The molecule has 2 rings (SSSR count). The number of aliphatic hydroxyl groups is 1. The van der Waals surface area contributed by atoms with Crippen LogP contribution in [0.3, 0.4) is 0 Å². The first-order chi connectivity index (χ1) is 8.81. The molecule has 18 heavy (non-hydrogen) atoms. The van der Waals surface area contributed by atoms with Crippen molar-refractivity contribution in [1.82, 2.24) is 9.38 Å². The number of hydrogen-bond acceptors (Lipinski definition) is 4. The van der Waals surface area contributed by atoms with E-state index in [1.165, 1.54) is 0 Å². The van der Waals surface area contributed by atoms with Crippen molar-refractivity contribution in [1.29, 1.82) is 0 Å². The van der Waals surface area contributed by atoms with Gasteiger partial charge in [0.25, 0.3) is 0 Å². The molecule has 2 aromatic heterocycles. The molecule has 0 radical (unpaired) electrons. The number of carbonyl (C=O) groups excluding carboxylic acids is 1. The fourth-order valence-corrected chi connectivity index (χ4v) is 2.06. The number of carbonyl (C=O) groups is 1. The van der Waals surface area contributed by atoms with Crippen LogP contribution in [0.15, 0.2) is 24.4 Å². The summed E-state index contributed by atoms with van der Waals surface area (Å²) in [4.78, 5) is 17.7. The Morgan fingerprint density at radius 2 is 2.28 bits per heavy atom. The minimum absolute atomic E-state index is 0.0478. The highest BCUT2D eigenvalue weighted by Crippen LogP contribution is 2.20. The van der Waals surface area contributed by atoms with Crippen molar-refractivity contribution in [2.24, 2.45) is 0 Å². The summed E-state index contributed by atoms with van der Waals surface area (Å²) in [5.74, 6) is 0.645. The Labute approximate surface area is 106 Å². The molecule has 0 saturated heterocycles. The van der Waals surface area contributed by atoms with E-state index in [4.69, 9.17) is 5.11 Å². The van der Waals surface area contributed by atoms with E-state index >= 15 is 0 Å². The third kappa shape index (κ3) is 2.22. The Bertz CT molecular complexity index is 530. The summed E-state index contributed by atoms with van der Waals surface area (Å²) in [6.45, 7) is 3.36. The molecule has 5 nitrogen and oxygen atoms in total. The van der Waals surface area contributed by atoms with Gasteiger partial charge in [-0.15, -0.1) is 0 Å². The van der Waals surface area contributed by atoms with Crippen LogP contribution in [0, 0.1) is 0 Å². The first-order valence-electron chi connectivity index (χ1n) is 6.10. The Kier molecular flexibility index (Phi) is 3.94. The molecular weight excluding hydrogens is 230 g/mol. The number of nitrogens with zero attached hydrogens (tertiary/aromatic N) is 3. The molecule has 0 amide bonds. The normalized spacial score (nSPS) is 10.8. The van der Waals surface area contributed by atoms with Gasteiger partial charge in [0.15, 0.2) is 12.1 Å². The third-order valence-corrected chi connectivity index (χ3v) is 2.82. The topological polar surface area (TPSA) is 57.8 Å². The second-order valence-electron chi connectivity index (χ2n) is 4.08. The lowest BCUT2D eigenvalue weighted by Gasteiger charge is -2.20. The lowest BCUT2D eigenvalue weighted by Crippen LogP contribution is -2.28. The Morgan fingerprint density at radius 3 is 2.94 bits per heavy atom. The highest BCUT2D eigenvalue weighted by molar-refractivity contribution is 5.83. The number of aliphatic hydroxyl groups excluding tert-OH is 1. The lowest BCUT2D eigenvalue weighted by molar-refractivity contribution is 0.111. The van der Waals surface area contributed by atoms with Gasteiger partial charge in [0.05, 0.1) is 6.61 Å². The summed E-state index contributed by atoms with van der Waals surface area (Å²) in [5.41, 5.74) is 1.28. The summed E-state index contributed by atoms with van der Waals surface area (Å²) in [7, 11) is 0. The zero-order valence-electron chi connectivity index (χ0n) is 10.4. The molecule has 2 aromatic rings. The smallest absolute Gasteiger partial charge is 0.170 e. The zero-order chi connectivity index (χ0) is 13.0. The second-order valence-corrected chi connectivity index (χ2v) is 4.08. The number of anilines is 1. The largest absolute Gasteiger partial charge is 0.395 e. The van der Waals surface area contributed by atoms with Crippen LogP contribution in [0.2, 0.25) is 0 Å². The predicted molar refractivity (Wildman–Crippen MR) is 70.2 cm³/mol. The maximum Gasteiger partial charge on any atom is 0.170 e. The molecule has 5 heteroatoms. The van der Waals surface area contributed by atoms with E-state index < -0.39 is 0 Å². The molecule has 0 aromatic carbocycles. The van der Waals surface area contributed by atoms with Crippen molar-refractivity contribution in [2.45, 2.75) is 13.3 Å². The predicted octanol–water partition coefficient (Wildman–Crippen LogP) is 1.36. The van der Waals surface area contributed by atoms with Crippen LogP contribution in [0.4, 0.5) is 5.82 Å². The van der Waals surface area contributed by atoms with E-state index in [9.17, 15) is 4.79 Å². The van der Waals surface area contributed by atoms with Gasteiger partial charge in [0, 0.05) is 19.3 Å². The molecule has 96 valence electrons. The molecule has 2 heterocycles. The number of hydrogen-bond donors (Lipinski definition) is 1. The Hall–Kier alpha value is -1.88. The first kappa shape index (κ1) is 12.6. The maximum atomic E-state index is 11.3. The van der Waals surface area contributed by atoms with Crippen molar-refractivity contribution in [3.63, 3.8) is 0 Å². The van der Waals surface area contributed by atoms with E-state index in [1.54, 1.807) is 4.40 Å². The number of imidazole rings is 1. The summed E-state index contributed by atoms with van der Waals surface area (Å²) in [5, 5.41) is 9.10. The minimum atomic E-state index is 0.0478. The second kappa shape index (κ2) is 5.64. The van der Waals surface area contributed by atoms with Gasteiger partial charge in [-0.1, -0.05) is 13.0 Å². The van der Waals surface area contributed by atoms with Gasteiger partial charge in [0.1, 0.15) is 11.3 Å². The summed E-state index contributed by atoms with van der Waals surface area (Å²) in [6, 6.07) is 5.61. The van der Waals surface area contributed by atoms with Gasteiger partial charge in [-0.3, -0.25) is 9.20 Å². The van der Waals surface area contributed by atoms with Crippen molar-refractivity contribution in [3.05, 3.63) is 30.1 Å². The van der Waals surface area contributed by atoms with E-state index in [-0.39, 0.29) is 6.61 Å². The molecular formula is C13H17N3O2. The van der Waals surface area contributed by atoms with Crippen molar-refractivity contribution >= 4 is 17.8 Å². The van der Waals surface area contributed by atoms with E-state index in [1.807, 2.05) is 29.3 Å². The van der Waals surface area contributed by atoms with Gasteiger partial charge in [-0.25, -0.2) is 4.98 Å².